The Hall–Kier alpha value is -1.02. The van der Waals surface area contributed by atoms with Crippen molar-refractivity contribution < 1.29 is 0 Å². The van der Waals surface area contributed by atoms with Gasteiger partial charge in [-0.25, -0.2) is 0 Å². The van der Waals surface area contributed by atoms with Gasteiger partial charge in [0.2, 0.25) is 0 Å². The number of nitrogens with zero attached hydrogens (tertiary/aromatic N) is 1. The molecule has 0 aromatic heterocycles. The minimum absolute atomic E-state index is 0.613. The number of hydrogen-bond acceptors (Lipinski definition) is 2. The molecular weight excluding hydrogens is 184 g/mol. The van der Waals surface area contributed by atoms with E-state index < -0.39 is 0 Å². The van der Waals surface area contributed by atoms with Crippen molar-refractivity contribution in [3.63, 3.8) is 0 Å². The number of anilines is 1. The highest BCUT2D eigenvalue weighted by molar-refractivity contribution is 5.56. The first-order valence-electron chi connectivity index (χ1n) is 6.02. The molecule has 0 spiro atoms. The fourth-order valence-corrected chi connectivity index (χ4v) is 2.58. The van der Waals surface area contributed by atoms with Gasteiger partial charge in [0.1, 0.15) is 0 Å². The predicted octanol–water partition coefficient (Wildman–Crippen LogP) is 2.32. The molecule has 2 saturated heterocycles. The molecule has 0 amide bonds. The summed E-state index contributed by atoms with van der Waals surface area (Å²) in [6.45, 7) is 3.66. The molecule has 1 unspecified atom stereocenters. The molecule has 1 atom stereocenters. The third-order valence-corrected chi connectivity index (χ3v) is 3.58. The fourth-order valence-electron chi connectivity index (χ4n) is 2.58. The number of benzene rings is 1. The lowest BCUT2D eigenvalue weighted by atomic mass is 9.96. The van der Waals surface area contributed by atoms with Crippen molar-refractivity contribution in [1.82, 2.24) is 5.32 Å². The maximum absolute atomic E-state index is 3.50. The van der Waals surface area contributed by atoms with E-state index in [2.05, 4.69) is 34.5 Å². The van der Waals surface area contributed by atoms with Crippen LogP contribution in [0.25, 0.3) is 0 Å². The summed E-state index contributed by atoms with van der Waals surface area (Å²) in [6.07, 6.45) is 4.00. The number of rotatable bonds is 2. The first-order valence-corrected chi connectivity index (χ1v) is 6.02. The van der Waals surface area contributed by atoms with Gasteiger partial charge >= 0.3 is 0 Å². The van der Waals surface area contributed by atoms with E-state index in [1.165, 1.54) is 50.1 Å². The molecule has 0 radical (unpaired) electrons. The molecule has 2 aliphatic heterocycles. The van der Waals surface area contributed by atoms with E-state index in [0.29, 0.717) is 6.04 Å². The Kier molecular flexibility index (Phi) is 2.37. The molecule has 0 bridgehead atoms. The smallest absolute Gasteiger partial charge is 0.0414 e. The number of para-hydroxylation sites is 1. The third-order valence-electron chi connectivity index (χ3n) is 3.58. The molecule has 2 fully saturated rings. The van der Waals surface area contributed by atoms with Gasteiger partial charge in [0.25, 0.3) is 0 Å². The molecule has 2 nitrogen and oxygen atoms in total. The summed E-state index contributed by atoms with van der Waals surface area (Å²) in [4.78, 5) is 2.54. The van der Waals surface area contributed by atoms with Gasteiger partial charge < -0.3 is 10.2 Å². The molecule has 1 aromatic rings. The van der Waals surface area contributed by atoms with Crippen LogP contribution < -0.4 is 10.2 Å². The number of nitrogens with one attached hydrogen (secondary N) is 1. The van der Waals surface area contributed by atoms with Gasteiger partial charge in [0.15, 0.2) is 0 Å². The van der Waals surface area contributed by atoms with Gasteiger partial charge in [-0.1, -0.05) is 18.2 Å². The second-order valence-electron chi connectivity index (χ2n) is 4.55. The summed E-state index contributed by atoms with van der Waals surface area (Å²) < 4.78 is 0. The average Bonchev–Trinajstić information content (AvgIpc) is 2.69. The summed E-state index contributed by atoms with van der Waals surface area (Å²) in [5.74, 6) is 0. The molecule has 2 heterocycles. The summed E-state index contributed by atoms with van der Waals surface area (Å²) >= 11 is 0. The molecule has 2 heteroatoms. The summed E-state index contributed by atoms with van der Waals surface area (Å²) in [5, 5.41) is 3.50. The Morgan fingerprint density at radius 3 is 2.53 bits per heavy atom. The van der Waals surface area contributed by atoms with E-state index in [-0.39, 0.29) is 0 Å². The van der Waals surface area contributed by atoms with Crippen molar-refractivity contribution >= 4 is 5.69 Å². The van der Waals surface area contributed by atoms with Crippen LogP contribution in [0, 0.1) is 0 Å². The van der Waals surface area contributed by atoms with Crippen LogP contribution in [0.3, 0.4) is 0 Å². The minimum atomic E-state index is 0.613. The Balaban J connectivity index is 1.90. The van der Waals surface area contributed by atoms with Crippen LogP contribution in [-0.4, -0.2) is 19.6 Å². The summed E-state index contributed by atoms with van der Waals surface area (Å²) in [6, 6.07) is 9.50. The van der Waals surface area contributed by atoms with E-state index in [1.54, 1.807) is 0 Å². The normalized spacial score (nSPS) is 25.3. The van der Waals surface area contributed by atoms with Gasteiger partial charge in [-0.3, -0.25) is 0 Å². The maximum Gasteiger partial charge on any atom is 0.0414 e. The highest BCUT2D eigenvalue weighted by Gasteiger charge is 2.24. The molecule has 2 aliphatic rings. The van der Waals surface area contributed by atoms with Crippen molar-refractivity contribution in [2.75, 3.05) is 24.5 Å². The standard InChI is InChI=1S/C13H18N2/c1-2-6-13(15-9-3-4-10-15)11(5-1)12-7-8-14-12/h1-2,5-6,12,14H,3-4,7-10H2. The number of hydrogen-bond donors (Lipinski definition) is 1. The SMILES string of the molecule is c1ccc(N2CCCC2)c(C2CCN2)c1. The van der Waals surface area contributed by atoms with E-state index in [4.69, 9.17) is 0 Å². The maximum atomic E-state index is 3.50. The second kappa shape index (κ2) is 3.86. The monoisotopic (exact) mass is 202 g/mol. The molecule has 15 heavy (non-hydrogen) atoms. The van der Waals surface area contributed by atoms with Gasteiger partial charge in [-0.15, -0.1) is 0 Å². The van der Waals surface area contributed by atoms with Crippen LogP contribution in [0.4, 0.5) is 5.69 Å². The van der Waals surface area contributed by atoms with Crippen molar-refractivity contribution in [2.24, 2.45) is 0 Å². The Morgan fingerprint density at radius 2 is 1.87 bits per heavy atom. The van der Waals surface area contributed by atoms with E-state index in [0.717, 1.165) is 0 Å². The van der Waals surface area contributed by atoms with E-state index in [1.807, 2.05) is 0 Å². The van der Waals surface area contributed by atoms with Crippen molar-refractivity contribution in [3.05, 3.63) is 29.8 Å². The van der Waals surface area contributed by atoms with Gasteiger partial charge in [0, 0.05) is 24.8 Å². The topological polar surface area (TPSA) is 15.3 Å². The highest BCUT2D eigenvalue weighted by atomic mass is 15.1. The Morgan fingerprint density at radius 1 is 1.13 bits per heavy atom. The molecule has 3 rings (SSSR count). The summed E-state index contributed by atoms with van der Waals surface area (Å²) in [7, 11) is 0. The lowest BCUT2D eigenvalue weighted by molar-refractivity contribution is 0.383. The van der Waals surface area contributed by atoms with Crippen LogP contribution in [0.1, 0.15) is 30.9 Å². The van der Waals surface area contributed by atoms with Crippen LogP contribution in [0.15, 0.2) is 24.3 Å². The van der Waals surface area contributed by atoms with Crippen molar-refractivity contribution in [1.29, 1.82) is 0 Å². The lowest BCUT2D eigenvalue weighted by Gasteiger charge is -2.32. The lowest BCUT2D eigenvalue weighted by Crippen LogP contribution is -2.36. The van der Waals surface area contributed by atoms with Crippen molar-refractivity contribution in [3.8, 4) is 0 Å². The third kappa shape index (κ3) is 1.63. The first-order chi connectivity index (χ1) is 7.45. The predicted molar refractivity (Wildman–Crippen MR) is 63.2 cm³/mol. The first kappa shape index (κ1) is 9.22. The van der Waals surface area contributed by atoms with Gasteiger partial charge in [-0.05, 0) is 37.4 Å². The van der Waals surface area contributed by atoms with Crippen LogP contribution >= 0.6 is 0 Å². The molecule has 80 valence electrons. The Labute approximate surface area is 91.3 Å². The van der Waals surface area contributed by atoms with Crippen molar-refractivity contribution in [2.45, 2.75) is 25.3 Å². The molecule has 0 saturated carbocycles. The Bertz CT molecular complexity index is 338. The molecular formula is C13H18N2. The molecule has 1 N–H and O–H groups in total. The van der Waals surface area contributed by atoms with Gasteiger partial charge in [0.05, 0.1) is 0 Å². The zero-order valence-electron chi connectivity index (χ0n) is 9.08. The fraction of sp³-hybridized carbons (Fsp3) is 0.538. The van der Waals surface area contributed by atoms with E-state index in [9.17, 15) is 0 Å². The largest absolute Gasteiger partial charge is 0.371 e. The molecule has 0 aliphatic carbocycles. The van der Waals surface area contributed by atoms with Gasteiger partial charge in [-0.2, -0.15) is 0 Å². The average molecular weight is 202 g/mol. The molecule has 1 aromatic carbocycles. The second-order valence-corrected chi connectivity index (χ2v) is 4.55. The zero-order chi connectivity index (χ0) is 10.1. The minimum Gasteiger partial charge on any atom is -0.371 e. The zero-order valence-corrected chi connectivity index (χ0v) is 9.08. The van der Waals surface area contributed by atoms with Crippen LogP contribution in [-0.2, 0) is 0 Å². The highest BCUT2D eigenvalue weighted by Crippen LogP contribution is 2.33. The quantitative estimate of drug-likeness (QED) is 0.791. The van der Waals surface area contributed by atoms with Crippen LogP contribution in [0.2, 0.25) is 0 Å². The van der Waals surface area contributed by atoms with Crippen LogP contribution in [0.5, 0.6) is 0 Å². The van der Waals surface area contributed by atoms with E-state index >= 15 is 0 Å². The summed E-state index contributed by atoms with van der Waals surface area (Å²) in [5.41, 5.74) is 2.97.